The summed E-state index contributed by atoms with van der Waals surface area (Å²) in [5.41, 5.74) is 0.302. The zero-order valence-electron chi connectivity index (χ0n) is 9.47. The van der Waals surface area contributed by atoms with E-state index < -0.39 is 12.4 Å². The number of pyridine rings is 1. The topological polar surface area (TPSA) is 39.2 Å². The molecule has 0 aromatic carbocycles. The van der Waals surface area contributed by atoms with Gasteiger partial charge in [-0.15, -0.1) is 0 Å². The molecule has 0 aliphatic carbocycles. The Balaban J connectivity index is 3.12. The van der Waals surface area contributed by atoms with Gasteiger partial charge in [0.2, 0.25) is 0 Å². The Labute approximate surface area is 103 Å². The molecule has 0 saturated carbocycles. The van der Waals surface area contributed by atoms with Crippen molar-refractivity contribution < 1.29 is 18.3 Å². The minimum atomic E-state index is -2.76. The molecule has 1 heterocycles. The Morgan fingerprint density at radius 2 is 2.24 bits per heavy atom. The van der Waals surface area contributed by atoms with Crippen molar-refractivity contribution in [3.8, 4) is 0 Å². The summed E-state index contributed by atoms with van der Waals surface area (Å²) in [5.74, 6) is -0.556. The van der Waals surface area contributed by atoms with E-state index in [1.54, 1.807) is 13.8 Å². The summed E-state index contributed by atoms with van der Waals surface area (Å²) in [7, 11) is 0. The lowest BCUT2D eigenvalue weighted by Gasteiger charge is -2.12. The molecule has 1 aromatic heterocycles. The number of hydrogen-bond donors (Lipinski definition) is 0. The van der Waals surface area contributed by atoms with E-state index in [1.165, 1.54) is 6.20 Å². The molecule has 0 aliphatic rings. The van der Waals surface area contributed by atoms with Gasteiger partial charge in [0.15, 0.2) is 0 Å². The molecule has 0 radical (unpaired) electrons. The first kappa shape index (κ1) is 13.8. The lowest BCUT2D eigenvalue weighted by Crippen LogP contribution is -2.11. The van der Waals surface area contributed by atoms with Gasteiger partial charge in [-0.2, -0.15) is 0 Å². The van der Waals surface area contributed by atoms with Gasteiger partial charge in [-0.1, -0.05) is 11.6 Å². The molecule has 1 aromatic rings. The van der Waals surface area contributed by atoms with E-state index in [0.29, 0.717) is 5.56 Å². The molecule has 1 rings (SSSR count). The highest BCUT2D eigenvalue weighted by Crippen LogP contribution is 2.31. The highest BCUT2D eigenvalue weighted by molar-refractivity contribution is 6.30. The van der Waals surface area contributed by atoms with Crippen molar-refractivity contribution in [3.63, 3.8) is 0 Å². The second-order valence-corrected chi connectivity index (χ2v) is 3.76. The van der Waals surface area contributed by atoms with Crippen LogP contribution in [-0.2, 0) is 16.0 Å². The van der Waals surface area contributed by atoms with Crippen LogP contribution in [0.2, 0.25) is 5.15 Å². The fourth-order valence-corrected chi connectivity index (χ4v) is 1.70. The van der Waals surface area contributed by atoms with Gasteiger partial charge in [0.1, 0.15) is 5.15 Å². The van der Waals surface area contributed by atoms with Crippen LogP contribution in [-0.4, -0.2) is 17.6 Å². The average molecular weight is 264 g/mol. The van der Waals surface area contributed by atoms with Crippen molar-refractivity contribution in [2.24, 2.45) is 0 Å². The maximum absolute atomic E-state index is 12.8. The number of hydrogen-bond acceptors (Lipinski definition) is 3. The molecule has 0 atom stereocenters. The largest absolute Gasteiger partial charge is 0.466 e. The van der Waals surface area contributed by atoms with Crippen LogP contribution < -0.4 is 0 Å². The number of esters is 1. The first-order chi connectivity index (χ1) is 7.97. The van der Waals surface area contributed by atoms with Crippen LogP contribution in [0.15, 0.2) is 6.20 Å². The molecule has 0 aliphatic heterocycles. The van der Waals surface area contributed by atoms with E-state index in [-0.39, 0.29) is 29.3 Å². The van der Waals surface area contributed by atoms with Gasteiger partial charge in [-0.25, -0.2) is 13.8 Å². The van der Waals surface area contributed by atoms with Crippen molar-refractivity contribution in [3.05, 3.63) is 28.0 Å². The zero-order chi connectivity index (χ0) is 13.0. The van der Waals surface area contributed by atoms with Crippen molar-refractivity contribution in [1.82, 2.24) is 4.98 Å². The summed E-state index contributed by atoms with van der Waals surface area (Å²) in [6, 6.07) is 0. The predicted octanol–water partition coefficient (Wildman–Crippen LogP) is 3.09. The highest BCUT2D eigenvalue weighted by Gasteiger charge is 2.22. The van der Waals surface area contributed by atoms with Crippen molar-refractivity contribution in [2.45, 2.75) is 26.7 Å². The maximum Gasteiger partial charge on any atom is 0.310 e. The smallest absolute Gasteiger partial charge is 0.310 e. The average Bonchev–Trinajstić information content (AvgIpc) is 2.23. The summed E-state index contributed by atoms with van der Waals surface area (Å²) in [6.45, 7) is 3.46. The van der Waals surface area contributed by atoms with Crippen LogP contribution in [0.3, 0.4) is 0 Å². The zero-order valence-corrected chi connectivity index (χ0v) is 10.2. The summed E-state index contributed by atoms with van der Waals surface area (Å²) in [4.78, 5) is 15.0. The fourth-order valence-electron chi connectivity index (χ4n) is 1.45. The lowest BCUT2D eigenvalue weighted by atomic mass is 10.0. The Morgan fingerprint density at radius 3 is 2.76 bits per heavy atom. The molecule has 6 heteroatoms. The van der Waals surface area contributed by atoms with E-state index in [0.717, 1.165) is 0 Å². The molecule has 0 saturated heterocycles. The summed E-state index contributed by atoms with van der Waals surface area (Å²) >= 11 is 5.61. The van der Waals surface area contributed by atoms with Crippen LogP contribution in [0, 0.1) is 6.92 Å². The Bertz CT molecular complexity index is 424. The quantitative estimate of drug-likeness (QED) is 0.619. The van der Waals surface area contributed by atoms with Crippen LogP contribution >= 0.6 is 11.6 Å². The number of nitrogens with zero attached hydrogens (tertiary/aromatic N) is 1. The van der Waals surface area contributed by atoms with Crippen LogP contribution in [0.1, 0.15) is 30.0 Å². The molecule has 17 heavy (non-hydrogen) atoms. The van der Waals surface area contributed by atoms with Gasteiger partial charge in [-0.05, 0) is 25.0 Å². The Kier molecular flexibility index (Phi) is 4.81. The third kappa shape index (κ3) is 3.36. The molecule has 94 valence electrons. The van der Waals surface area contributed by atoms with E-state index >= 15 is 0 Å². The molecule has 0 N–H and O–H groups in total. The lowest BCUT2D eigenvalue weighted by molar-refractivity contribution is -0.142. The number of halogens is 3. The SMILES string of the molecule is CCOC(=O)Cc1c(C)cnc(Cl)c1C(F)F. The monoisotopic (exact) mass is 263 g/mol. The maximum atomic E-state index is 12.8. The Hall–Kier alpha value is -1.23. The summed E-state index contributed by atoms with van der Waals surface area (Å²) in [5, 5.41) is -0.273. The molecule has 3 nitrogen and oxygen atoms in total. The van der Waals surface area contributed by atoms with Crippen LogP contribution in [0.25, 0.3) is 0 Å². The van der Waals surface area contributed by atoms with Crippen LogP contribution in [0.4, 0.5) is 8.78 Å². The summed E-state index contributed by atoms with van der Waals surface area (Å²) < 4.78 is 30.4. The van der Waals surface area contributed by atoms with Gasteiger partial charge in [0.25, 0.3) is 6.43 Å². The summed E-state index contributed by atoms with van der Waals surface area (Å²) in [6.07, 6.45) is -1.62. The molecule has 0 unspecified atom stereocenters. The predicted molar refractivity (Wildman–Crippen MR) is 59.3 cm³/mol. The number of rotatable bonds is 4. The van der Waals surface area contributed by atoms with E-state index in [2.05, 4.69) is 4.98 Å². The molecule has 0 amide bonds. The van der Waals surface area contributed by atoms with Crippen LogP contribution in [0.5, 0.6) is 0 Å². The number of ether oxygens (including phenoxy) is 1. The molecular formula is C11H12ClF2NO2. The third-order valence-electron chi connectivity index (χ3n) is 2.24. The first-order valence-corrected chi connectivity index (χ1v) is 5.42. The van der Waals surface area contributed by atoms with Gasteiger partial charge >= 0.3 is 5.97 Å². The second kappa shape index (κ2) is 5.91. The molecular weight excluding hydrogens is 252 g/mol. The number of alkyl halides is 2. The number of aryl methyl sites for hydroxylation is 1. The standard InChI is InChI=1S/C11H12ClF2NO2/c1-3-17-8(16)4-7-6(2)5-15-10(12)9(7)11(13)14/h5,11H,3-4H2,1-2H3. The van der Waals surface area contributed by atoms with Crippen molar-refractivity contribution >= 4 is 17.6 Å². The second-order valence-electron chi connectivity index (χ2n) is 3.41. The van der Waals surface area contributed by atoms with Gasteiger partial charge < -0.3 is 4.74 Å². The van der Waals surface area contributed by atoms with E-state index in [4.69, 9.17) is 16.3 Å². The fraction of sp³-hybridized carbons (Fsp3) is 0.455. The van der Waals surface area contributed by atoms with Crippen molar-refractivity contribution in [2.75, 3.05) is 6.61 Å². The third-order valence-corrected chi connectivity index (χ3v) is 2.54. The molecule has 0 bridgehead atoms. The first-order valence-electron chi connectivity index (χ1n) is 5.05. The number of aromatic nitrogens is 1. The Morgan fingerprint density at radius 1 is 1.59 bits per heavy atom. The number of carbonyl (C=O) groups excluding carboxylic acids is 1. The van der Waals surface area contributed by atoms with E-state index in [1.807, 2.05) is 0 Å². The van der Waals surface area contributed by atoms with E-state index in [9.17, 15) is 13.6 Å². The van der Waals surface area contributed by atoms with Gasteiger partial charge in [0.05, 0.1) is 18.6 Å². The molecule has 0 spiro atoms. The number of carbonyl (C=O) groups is 1. The highest BCUT2D eigenvalue weighted by atomic mass is 35.5. The van der Waals surface area contributed by atoms with Crippen molar-refractivity contribution in [1.29, 1.82) is 0 Å². The normalized spacial score (nSPS) is 10.7. The van der Waals surface area contributed by atoms with Gasteiger partial charge in [0, 0.05) is 6.20 Å². The molecule has 0 fully saturated rings. The van der Waals surface area contributed by atoms with Gasteiger partial charge in [-0.3, -0.25) is 4.79 Å². The minimum Gasteiger partial charge on any atom is -0.466 e. The minimum absolute atomic E-state index is 0.193.